The second-order valence-electron chi connectivity index (χ2n) is 5.41. The summed E-state index contributed by atoms with van der Waals surface area (Å²) in [5, 5.41) is 3.44. The van der Waals surface area contributed by atoms with Crippen LogP contribution < -0.4 is 14.8 Å². The lowest BCUT2D eigenvalue weighted by atomic mass is 10.2. The van der Waals surface area contributed by atoms with Gasteiger partial charge in [0.25, 0.3) is 5.91 Å². The highest BCUT2D eigenvalue weighted by molar-refractivity contribution is 9.10. The minimum atomic E-state index is -0.210. The summed E-state index contributed by atoms with van der Waals surface area (Å²) in [4.78, 5) is 12.0. The van der Waals surface area contributed by atoms with Crippen LogP contribution in [0.2, 0.25) is 5.02 Å². The number of para-hydroxylation sites is 1. The third-order valence-electron chi connectivity index (χ3n) is 3.24. The average molecular weight is 413 g/mol. The summed E-state index contributed by atoms with van der Waals surface area (Å²) >= 11 is 9.21. The number of carbonyl (C=O) groups is 1. The van der Waals surface area contributed by atoms with Gasteiger partial charge in [-0.2, -0.15) is 0 Å². The molecule has 24 heavy (non-hydrogen) atoms. The van der Waals surface area contributed by atoms with Gasteiger partial charge in [0.05, 0.1) is 10.5 Å². The molecule has 1 N–H and O–H groups in total. The monoisotopic (exact) mass is 411 g/mol. The summed E-state index contributed by atoms with van der Waals surface area (Å²) in [5.74, 6) is 1.18. The maximum atomic E-state index is 12.0. The molecule has 0 unspecified atom stereocenters. The van der Waals surface area contributed by atoms with E-state index >= 15 is 0 Å². The smallest absolute Gasteiger partial charge is 0.258 e. The summed E-state index contributed by atoms with van der Waals surface area (Å²) in [6, 6.07) is 12.8. The van der Waals surface area contributed by atoms with Crippen LogP contribution in [0.5, 0.6) is 11.5 Å². The van der Waals surface area contributed by atoms with Crippen LogP contribution in [-0.4, -0.2) is 25.2 Å². The minimum Gasteiger partial charge on any atom is -0.491 e. The lowest BCUT2D eigenvalue weighted by molar-refractivity contribution is -0.123. The number of nitrogens with one attached hydrogen (secondary N) is 1. The Labute approximate surface area is 155 Å². The molecule has 0 aliphatic rings. The van der Waals surface area contributed by atoms with Crippen LogP contribution in [0.4, 0.5) is 0 Å². The molecule has 0 saturated heterocycles. The number of ether oxygens (including phenoxy) is 2. The van der Waals surface area contributed by atoms with Crippen LogP contribution in [0, 0.1) is 6.92 Å². The van der Waals surface area contributed by atoms with Crippen molar-refractivity contribution in [2.24, 2.45) is 0 Å². The number of halogens is 2. The van der Waals surface area contributed by atoms with Crippen molar-refractivity contribution in [3.63, 3.8) is 0 Å². The Morgan fingerprint density at radius 3 is 2.67 bits per heavy atom. The number of rotatable bonds is 7. The highest BCUT2D eigenvalue weighted by Crippen LogP contribution is 2.27. The van der Waals surface area contributed by atoms with E-state index in [0.717, 1.165) is 11.3 Å². The molecule has 0 spiro atoms. The van der Waals surface area contributed by atoms with Crippen molar-refractivity contribution in [2.45, 2.75) is 19.9 Å². The molecular weight excluding hydrogens is 394 g/mol. The number of amides is 1. The fraction of sp³-hybridized carbons (Fsp3) is 0.278. The van der Waals surface area contributed by atoms with Crippen molar-refractivity contribution in [1.82, 2.24) is 5.32 Å². The van der Waals surface area contributed by atoms with Crippen LogP contribution in [-0.2, 0) is 4.79 Å². The summed E-state index contributed by atoms with van der Waals surface area (Å²) < 4.78 is 11.9. The molecule has 4 nitrogen and oxygen atoms in total. The van der Waals surface area contributed by atoms with E-state index in [4.69, 9.17) is 21.1 Å². The molecule has 0 saturated carbocycles. The van der Waals surface area contributed by atoms with Gasteiger partial charge < -0.3 is 14.8 Å². The van der Waals surface area contributed by atoms with Gasteiger partial charge in [0, 0.05) is 5.02 Å². The Balaban J connectivity index is 1.76. The maximum absolute atomic E-state index is 12.0. The molecule has 6 heteroatoms. The first-order valence-electron chi connectivity index (χ1n) is 7.51. The van der Waals surface area contributed by atoms with E-state index in [9.17, 15) is 4.79 Å². The minimum absolute atomic E-state index is 0.0745. The Morgan fingerprint density at radius 2 is 1.96 bits per heavy atom. The standard InChI is InChI=1S/C18H19BrClNO3/c1-12-5-3-4-6-16(12)23-10-13(2)21-18(22)11-24-17-8-7-14(20)9-15(17)19/h3-9,13H,10-11H2,1-2H3,(H,21,22)/t13-/m1/s1. The molecule has 0 bridgehead atoms. The SMILES string of the molecule is Cc1ccccc1OC[C@@H](C)NC(=O)COc1ccc(Cl)cc1Br. The molecule has 0 radical (unpaired) electrons. The summed E-state index contributed by atoms with van der Waals surface area (Å²) in [6.45, 7) is 4.18. The molecular formula is C18H19BrClNO3. The summed E-state index contributed by atoms with van der Waals surface area (Å²) in [5.41, 5.74) is 1.06. The van der Waals surface area contributed by atoms with Gasteiger partial charge in [-0.25, -0.2) is 0 Å². The number of aryl methyl sites for hydroxylation is 1. The van der Waals surface area contributed by atoms with E-state index < -0.39 is 0 Å². The van der Waals surface area contributed by atoms with Crippen LogP contribution >= 0.6 is 27.5 Å². The van der Waals surface area contributed by atoms with E-state index in [1.807, 2.05) is 38.1 Å². The van der Waals surface area contributed by atoms with Crippen molar-refractivity contribution in [2.75, 3.05) is 13.2 Å². The second-order valence-corrected chi connectivity index (χ2v) is 6.70. The highest BCUT2D eigenvalue weighted by Gasteiger charge is 2.10. The Morgan fingerprint density at radius 1 is 1.21 bits per heavy atom. The van der Waals surface area contributed by atoms with Crippen molar-refractivity contribution >= 4 is 33.4 Å². The molecule has 2 rings (SSSR count). The summed E-state index contributed by atoms with van der Waals surface area (Å²) in [6.07, 6.45) is 0. The fourth-order valence-electron chi connectivity index (χ4n) is 2.03. The van der Waals surface area contributed by atoms with Crippen molar-refractivity contribution in [3.05, 3.63) is 57.5 Å². The Bertz CT molecular complexity index is 708. The van der Waals surface area contributed by atoms with Gasteiger partial charge in [-0.1, -0.05) is 29.8 Å². The first-order chi connectivity index (χ1) is 11.5. The topological polar surface area (TPSA) is 47.6 Å². The average Bonchev–Trinajstić information content (AvgIpc) is 2.53. The predicted molar refractivity (Wildman–Crippen MR) is 98.9 cm³/mol. The zero-order valence-electron chi connectivity index (χ0n) is 13.5. The lowest BCUT2D eigenvalue weighted by Gasteiger charge is -2.16. The van der Waals surface area contributed by atoms with Crippen molar-refractivity contribution < 1.29 is 14.3 Å². The maximum Gasteiger partial charge on any atom is 0.258 e. The normalized spacial score (nSPS) is 11.7. The molecule has 0 heterocycles. The molecule has 0 aliphatic carbocycles. The van der Waals surface area contributed by atoms with Gasteiger partial charge in [0.15, 0.2) is 6.61 Å². The molecule has 2 aromatic rings. The van der Waals surface area contributed by atoms with Gasteiger partial charge in [-0.3, -0.25) is 4.79 Å². The zero-order chi connectivity index (χ0) is 17.5. The third kappa shape index (κ3) is 5.73. The van der Waals surface area contributed by atoms with Crippen LogP contribution in [0.3, 0.4) is 0 Å². The number of hydrogen-bond donors (Lipinski definition) is 1. The zero-order valence-corrected chi connectivity index (χ0v) is 15.9. The molecule has 2 aromatic carbocycles. The fourth-order valence-corrected chi connectivity index (χ4v) is 2.82. The largest absolute Gasteiger partial charge is 0.491 e. The molecule has 1 amide bonds. The van der Waals surface area contributed by atoms with Crippen LogP contribution in [0.1, 0.15) is 12.5 Å². The molecule has 0 fully saturated rings. The predicted octanol–water partition coefficient (Wildman–Crippen LogP) is 4.37. The van der Waals surface area contributed by atoms with Crippen LogP contribution in [0.25, 0.3) is 0 Å². The van der Waals surface area contributed by atoms with E-state index in [2.05, 4.69) is 21.2 Å². The number of benzene rings is 2. The van der Waals surface area contributed by atoms with E-state index in [0.29, 0.717) is 21.9 Å². The molecule has 1 atom stereocenters. The van der Waals surface area contributed by atoms with Gasteiger partial charge in [0.2, 0.25) is 0 Å². The third-order valence-corrected chi connectivity index (χ3v) is 4.10. The van der Waals surface area contributed by atoms with E-state index in [1.54, 1.807) is 18.2 Å². The van der Waals surface area contributed by atoms with Crippen molar-refractivity contribution in [3.8, 4) is 11.5 Å². The van der Waals surface area contributed by atoms with Gasteiger partial charge in [-0.05, 0) is 59.6 Å². The first-order valence-corrected chi connectivity index (χ1v) is 8.68. The van der Waals surface area contributed by atoms with Crippen molar-refractivity contribution in [1.29, 1.82) is 0 Å². The Hall–Kier alpha value is -1.72. The Kier molecular flexibility index (Phi) is 6.94. The van der Waals surface area contributed by atoms with E-state index in [-0.39, 0.29) is 18.6 Å². The molecule has 0 aromatic heterocycles. The molecule has 128 valence electrons. The lowest BCUT2D eigenvalue weighted by Crippen LogP contribution is -2.39. The van der Waals surface area contributed by atoms with Crippen LogP contribution in [0.15, 0.2) is 46.9 Å². The van der Waals surface area contributed by atoms with Gasteiger partial charge >= 0.3 is 0 Å². The van der Waals surface area contributed by atoms with Gasteiger partial charge in [-0.15, -0.1) is 0 Å². The molecule has 0 aliphatic heterocycles. The van der Waals surface area contributed by atoms with Gasteiger partial charge in [0.1, 0.15) is 18.1 Å². The number of carbonyl (C=O) groups excluding carboxylic acids is 1. The van der Waals surface area contributed by atoms with E-state index in [1.165, 1.54) is 0 Å². The summed E-state index contributed by atoms with van der Waals surface area (Å²) in [7, 11) is 0. The highest BCUT2D eigenvalue weighted by atomic mass is 79.9. The number of hydrogen-bond acceptors (Lipinski definition) is 3. The first kappa shape index (κ1) is 18.6. The quantitative estimate of drug-likeness (QED) is 0.734. The second kappa shape index (κ2) is 8.94.